The number of para-hydroxylation sites is 1. The summed E-state index contributed by atoms with van der Waals surface area (Å²) in [6.45, 7) is -0.0511. The SMILES string of the molecule is COc1cc(OC)c(NCC(=O)N(c2ccccc2)C2CCS(=O)(=O)C2)cc1Cl. The van der Waals surface area contributed by atoms with Crippen LogP contribution in [0.4, 0.5) is 11.4 Å². The first-order valence-electron chi connectivity index (χ1n) is 9.07. The van der Waals surface area contributed by atoms with Crippen LogP contribution in [-0.4, -0.2) is 52.6 Å². The molecule has 7 nitrogen and oxygen atoms in total. The third-order valence-electron chi connectivity index (χ3n) is 4.78. The minimum absolute atomic E-state index is 0.0364. The van der Waals surface area contributed by atoms with Crippen LogP contribution in [0.2, 0.25) is 5.02 Å². The summed E-state index contributed by atoms with van der Waals surface area (Å²) in [4.78, 5) is 14.7. The van der Waals surface area contributed by atoms with Gasteiger partial charge in [0, 0.05) is 11.8 Å². The number of anilines is 2. The van der Waals surface area contributed by atoms with E-state index in [4.69, 9.17) is 21.1 Å². The summed E-state index contributed by atoms with van der Waals surface area (Å²) in [5.74, 6) is 0.748. The van der Waals surface area contributed by atoms with Gasteiger partial charge in [-0.2, -0.15) is 0 Å². The number of rotatable bonds is 7. The fraction of sp³-hybridized carbons (Fsp3) is 0.350. The van der Waals surface area contributed by atoms with Crippen LogP contribution in [-0.2, 0) is 14.6 Å². The molecule has 0 spiro atoms. The maximum absolute atomic E-state index is 13.1. The molecular weight excluding hydrogens is 416 g/mol. The van der Waals surface area contributed by atoms with Crippen molar-refractivity contribution in [3.05, 3.63) is 47.5 Å². The molecule has 29 heavy (non-hydrogen) atoms. The van der Waals surface area contributed by atoms with Crippen LogP contribution in [0.15, 0.2) is 42.5 Å². The molecule has 1 aliphatic rings. The van der Waals surface area contributed by atoms with Gasteiger partial charge in [-0.25, -0.2) is 8.42 Å². The minimum Gasteiger partial charge on any atom is -0.495 e. The Morgan fingerprint density at radius 1 is 1.17 bits per heavy atom. The van der Waals surface area contributed by atoms with Crippen LogP contribution in [0, 0.1) is 0 Å². The number of methoxy groups -OCH3 is 2. The average molecular weight is 439 g/mol. The van der Waals surface area contributed by atoms with E-state index >= 15 is 0 Å². The van der Waals surface area contributed by atoms with Crippen molar-refractivity contribution in [2.45, 2.75) is 12.5 Å². The Morgan fingerprint density at radius 3 is 2.45 bits per heavy atom. The van der Waals surface area contributed by atoms with Gasteiger partial charge in [0.2, 0.25) is 5.91 Å². The number of sulfone groups is 1. The fourth-order valence-corrected chi connectivity index (χ4v) is 5.32. The molecule has 156 valence electrons. The van der Waals surface area contributed by atoms with E-state index in [2.05, 4.69) is 5.32 Å². The van der Waals surface area contributed by atoms with Crippen LogP contribution in [0.1, 0.15) is 6.42 Å². The molecule has 2 aromatic rings. The molecule has 2 aromatic carbocycles. The van der Waals surface area contributed by atoms with E-state index in [9.17, 15) is 13.2 Å². The zero-order chi connectivity index (χ0) is 21.0. The summed E-state index contributed by atoms with van der Waals surface area (Å²) < 4.78 is 34.4. The van der Waals surface area contributed by atoms with Gasteiger partial charge in [0.15, 0.2) is 9.84 Å². The molecule has 3 rings (SSSR count). The number of carbonyl (C=O) groups excluding carboxylic acids is 1. The number of hydrogen-bond donors (Lipinski definition) is 1. The van der Waals surface area contributed by atoms with Gasteiger partial charge in [-0.05, 0) is 24.6 Å². The largest absolute Gasteiger partial charge is 0.495 e. The zero-order valence-electron chi connectivity index (χ0n) is 16.2. The van der Waals surface area contributed by atoms with Crippen LogP contribution in [0.3, 0.4) is 0 Å². The van der Waals surface area contributed by atoms with Gasteiger partial charge in [0.1, 0.15) is 11.5 Å². The third kappa shape index (κ3) is 4.94. The molecule has 0 aliphatic carbocycles. The van der Waals surface area contributed by atoms with Crippen LogP contribution in [0.5, 0.6) is 11.5 Å². The van der Waals surface area contributed by atoms with Crippen molar-refractivity contribution >= 4 is 38.7 Å². The van der Waals surface area contributed by atoms with Gasteiger partial charge >= 0.3 is 0 Å². The lowest BCUT2D eigenvalue weighted by atomic mass is 10.1. The Hall–Kier alpha value is -2.45. The van der Waals surface area contributed by atoms with E-state index in [1.165, 1.54) is 14.2 Å². The summed E-state index contributed by atoms with van der Waals surface area (Å²) in [5, 5.41) is 3.42. The van der Waals surface area contributed by atoms with Gasteiger partial charge in [-0.15, -0.1) is 0 Å². The maximum atomic E-state index is 13.1. The first-order valence-corrected chi connectivity index (χ1v) is 11.3. The van der Waals surface area contributed by atoms with Crippen LogP contribution >= 0.6 is 11.6 Å². The number of hydrogen-bond acceptors (Lipinski definition) is 6. The number of carbonyl (C=O) groups is 1. The van der Waals surface area contributed by atoms with E-state index in [1.807, 2.05) is 18.2 Å². The number of nitrogens with zero attached hydrogens (tertiary/aromatic N) is 1. The summed E-state index contributed by atoms with van der Waals surface area (Å²) in [6, 6.07) is 11.9. The molecule has 1 atom stereocenters. The van der Waals surface area contributed by atoms with Crippen LogP contribution in [0.25, 0.3) is 0 Å². The molecule has 1 aliphatic heterocycles. The number of benzene rings is 2. The van der Waals surface area contributed by atoms with Gasteiger partial charge in [-0.3, -0.25) is 4.79 Å². The Bertz CT molecular complexity index is 982. The Balaban J connectivity index is 1.82. The fourth-order valence-electron chi connectivity index (χ4n) is 3.38. The lowest BCUT2D eigenvalue weighted by Gasteiger charge is -2.29. The van der Waals surface area contributed by atoms with Crippen molar-refractivity contribution in [1.29, 1.82) is 0 Å². The second kappa shape index (κ2) is 8.92. The highest BCUT2D eigenvalue weighted by molar-refractivity contribution is 7.91. The van der Waals surface area contributed by atoms with Gasteiger partial charge < -0.3 is 19.7 Å². The highest BCUT2D eigenvalue weighted by atomic mass is 35.5. The molecule has 0 aromatic heterocycles. The molecule has 0 saturated carbocycles. The van der Waals surface area contributed by atoms with Crippen molar-refractivity contribution in [1.82, 2.24) is 0 Å². The van der Waals surface area contributed by atoms with E-state index in [0.717, 1.165) is 0 Å². The summed E-state index contributed by atoms with van der Waals surface area (Å²) in [5.41, 5.74) is 1.21. The normalized spacial score (nSPS) is 17.6. The molecule has 1 amide bonds. The number of ether oxygens (including phenoxy) is 2. The first kappa shape index (κ1) is 21.3. The van der Waals surface area contributed by atoms with Gasteiger partial charge in [-0.1, -0.05) is 29.8 Å². The summed E-state index contributed by atoms with van der Waals surface area (Å²) >= 11 is 6.18. The molecular formula is C20H23ClN2O5S. The highest BCUT2D eigenvalue weighted by Crippen LogP contribution is 2.36. The smallest absolute Gasteiger partial charge is 0.246 e. The topological polar surface area (TPSA) is 84.9 Å². The Morgan fingerprint density at radius 2 is 1.86 bits per heavy atom. The van der Waals surface area contributed by atoms with Crippen molar-refractivity contribution in [3.63, 3.8) is 0 Å². The molecule has 1 heterocycles. The van der Waals surface area contributed by atoms with Gasteiger partial charge in [0.25, 0.3) is 0 Å². The van der Waals surface area contributed by atoms with Crippen molar-refractivity contribution in [2.75, 3.05) is 42.5 Å². The quantitative estimate of drug-likeness (QED) is 0.715. The molecule has 1 fully saturated rings. The van der Waals surface area contributed by atoms with Crippen molar-refractivity contribution < 1.29 is 22.7 Å². The maximum Gasteiger partial charge on any atom is 0.246 e. The van der Waals surface area contributed by atoms with Crippen molar-refractivity contribution in [3.8, 4) is 11.5 Å². The molecule has 1 saturated heterocycles. The van der Waals surface area contributed by atoms with E-state index in [0.29, 0.717) is 34.3 Å². The molecule has 0 radical (unpaired) electrons. The standard InChI is InChI=1S/C20H23ClN2O5S/c1-27-18-11-19(28-2)17(10-16(18)21)22-12-20(24)23(14-6-4-3-5-7-14)15-8-9-29(25,26)13-15/h3-7,10-11,15,22H,8-9,12-13H2,1-2H3. The lowest BCUT2D eigenvalue weighted by molar-refractivity contribution is -0.117. The number of halogens is 1. The van der Waals surface area contributed by atoms with E-state index < -0.39 is 15.9 Å². The predicted molar refractivity (Wildman–Crippen MR) is 114 cm³/mol. The van der Waals surface area contributed by atoms with E-state index in [-0.39, 0.29) is 24.0 Å². The molecule has 0 bridgehead atoms. The number of nitrogens with one attached hydrogen (secondary N) is 1. The van der Waals surface area contributed by atoms with E-state index in [1.54, 1.807) is 29.2 Å². The van der Waals surface area contributed by atoms with Gasteiger partial charge in [0.05, 0.1) is 49.0 Å². The minimum atomic E-state index is -3.14. The summed E-state index contributed by atoms with van der Waals surface area (Å²) in [7, 11) is -0.125. The predicted octanol–water partition coefficient (Wildman–Crippen LogP) is 2.99. The molecule has 9 heteroatoms. The highest BCUT2D eigenvalue weighted by Gasteiger charge is 2.35. The Kier molecular flexibility index (Phi) is 6.54. The lowest BCUT2D eigenvalue weighted by Crippen LogP contribution is -2.44. The average Bonchev–Trinajstić information content (AvgIpc) is 3.06. The Labute approximate surface area is 175 Å². The molecule has 1 N–H and O–H groups in total. The third-order valence-corrected chi connectivity index (χ3v) is 6.83. The molecule has 1 unspecified atom stereocenters. The second-order valence-electron chi connectivity index (χ2n) is 6.70. The summed E-state index contributed by atoms with van der Waals surface area (Å²) in [6.07, 6.45) is 0.417. The number of amides is 1. The first-order chi connectivity index (χ1) is 13.8. The monoisotopic (exact) mass is 438 g/mol. The second-order valence-corrected chi connectivity index (χ2v) is 9.33. The van der Waals surface area contributed by atoms with Crippen LogP contribution < -0.4 is 19.7 Å². The zero-order valence-corrected chi connectivity index (χ0v) is 17.8. The van der Waals surface area contributed by atoms with Crippen molar-refractivity contribution in [2.24, 2.45) is 0 Å².